The summed E-state index contributed by atoms with van der Waals surface area (Å²) in [5, 5.41) is 11.3. The smallest absolute Gasteiger partial charge is 0.159 e. The third kappa shape index (κ3) is 4.46. The van der Waals surface area contributed by atoms with Crippen LogP contribution in [0.5, 0.6) is 0 Å². The standard InChI is InChI=1S/C28H24F2N8/c1-38(2)9-8-32-19-11-17(10-18(29)12-19)25-27-23(5-7-33-25)34-28(35-27)26-21-13-20(16-4-3-6-31-15-16)22(30)14-24(21)36-37-26/h3-7,10-15,32H,8-9H2,1-2H3,(H,34,35)(H,36,37). The van der Waals surface area contributed by atoms with Gasteiger partial charge < -0.3 is 15.2 Å². The first-order valence-electron chi connectivity index (χ1n) is 12.1. The van der Waals surface area contributed by atoms with Gasteiger partial charge in [0.25, 0.3) is 0 Å². The molecule has 0 aliphatic heterocycles. The Kier molecular flexibility index (Phi) is 6.01. The summed E-state index contributed by atoms with van der Waals surface area (Å²) >= 11 is 0. The number of anilines is 1. The van der Waals surface area contributed by atoms with Crippen molar-refractivity contribution in [2.24, 2.45) is 0 Å². The summed E-state index contributed by atoms with van der Waals surface area (Å²) in [6.07, 6.45) is 4.92. The Hall–Kier alpha value is -4.70. The fourth-order valence-corrected chi connectivity index (χ4v) is 4.47. The van der Waals surface area contributed by atoms with Gasteiger partial charge in [0.2, 0.25) is 0 Å². The van der Waals surface area contributed by atoms with Crippen LogP contribution in [0.3, 0.4) is 0 Å². The van der Waals surface area contributed by atoms with E-state index in [-0.39, 0.29) is 11.6 Å². The van der Waals surface area contributed by atoms with Gasteiger partial charge in [-0.2, -0.15) is 5.10 Å². The Balaban J connectivity index is 1.42. The van der Waals surface area contributed by atoms with Crippen LogP contribution in [0.15, 0.2) is 67.1 Å². The average Bonchev–Trinajstić information content (AvgIpc) is 3.51. The molecule has 6 rings (SSSR count). The van der Waals surface area contributed by atoms with Crippen LogP contribution in [0.2, 0.25) is 0 Å². The molecule has 0 saturated carbocycles. The molecular weight excluding hydrogens is 486 g/mol. The van der Waals surface area contributed by atoms with Gasteiger partial charge in [0.15, 0.2) is 5.82 Å². The molecule has 4 aromatic heterocycles. The highest BCUT2D eigenvalue weighted by Gasteiger charge is 2.18. The van der Waals surface area contributed by atoms with E-state index < -0.39 is 0 Å². The predicted molar refractivity (Wildman–Crippen MR) is 145 cm³/mol. The lowest BCUT2D eigenvalue weighted by Crippen LogP contribution is -2.20. The van der Waals surface area contributed by atoms with E-state index >= 15 is 0 Å². The first kappa shape index (κ1) is 23.7. The number of rotatable bonds is 7. The summed E-state index contributed by atoms with van der Waals surface area (Å²) in [6.45, 7) is 1.49. The molecule has 0 radical (unpaired) electrons. The van der Waals surface area contributed by atoms with Crippen LogP contribution < -0.4 is 5.32 Å². The number of nitrogens with one attached hydrogen (secondary N) is 3. The Morgan fingerprint density at radius 1 is 0.947 bits per heavy atom. The van der Waals surface area contributed by atoms with Gasteiger partial charge in [0.1, 0.15) is 22.8 Å². The second kappa shape index (κ2) is 9.64. The van der Waals surface area contributed by atoms with Gasteiger partial charge in [-0.3, -0.25) is 15.1 Å². The highest BCUT2D eigenvalue weighted by atomic mass is 19.1. The molecule has 38 heavy (non-hydrogen) atoms. The molecule has 190 valence electrons. The van der Waals surface area contributed by atoms with Crippen LogP contribution in [-0.2, 0) is 0 Å². The molecule has 0 amide bonds. The number of halogens is 2. The Morgan fingerprint density at radius 3 is 2.66 bits per heavy atom. The largest absolute Gasteiger partial charge is 0.384 e. The lowest BCUT2D eigenvalue weighted by atomic mass is 10.0. The fourth-order valence-electron chi connectivity index (χ4n) is 4.47. The maximum absolute atomic E-state index is 14.9. The van der Waals surface area contributed by atoms with Gasteiger partial charge in [-0.15, -0.1) is 0 Å². The Bertz CT molecular complexity index is 1760. The van der Waals surface area contributed by atoms with Crippen LogP contribution in [-0.4, -0.2) is 62.2 Å². The number of pyridine rings is 2. The van der Waals surface area contributed by atoms with E-state index in [1.165, 1.54) is 18.2 Å². The topological polar surface area (TPSA) is 98.4 Å². The lowest BCUT2D eigenvalue weighted by Gasteiger charge is -2.12. The summed E-state index contributed by atoms with van der Waals surface area (Å²) < 4.78 is 29.4. The number of nitrogens with zero attached hydrogens (tertiary/aromatic N) is 5. The van der Waals surface area contributed by atoms with Crippen molar-refractivity contribution in [3.05, 3.63) is 78.8 Å². The van der Waals surface area contributed by atoms with E-state index in [0.717, 1.165) is 12.1 Å². The summed E-state index contributed by atoms with van der Waals surface area (Å²) in [6, 6.07) is 13.3. The number of likely N-dealkylation sites (N-methyl/N-ethyl adjacent to an activating group) is 1. The molecule has 0 saturated heterocycles. The van der Waals surface area contributed by atoms with Gasteiger partial charge in [-0.25, -0.2) is 13.8 Å². The molecule has 0 spiro atoms. The minimum Gasteiger partial charge on any atom is -0.384 e. The summed E-state index contributed by atoms with van der Waals surface area (Å²) in [7, 11) is 3.97. The fraction of sp³-hybridized carbons (Fsp3) is 0.143. The number of aromatic amines is 2. The normalized spacial score (nSPS) is 11.6. The number of H-pyrrole nitrogens is 2. The monoisotopic (exact) mass is 510 g/mol. The summed E-state index contributed by atoms with van der Waals surface area (Å²) in [4.78, 5) is 18.8. The van der Waals surface area contributed by atoms with Crippen LogP contribution in [0.25, 0.3) is 55.8 Å². The Labute approximate surface area is 216 Å². The number of aromatic nitrogens is 6. The molecule has 3 N–H and O–H groups in total. The second-order valence-corrected chi connectivity index (χ2v) is 9.29. The minimum absolute atomic E-state index is 0.368. The van der Waals surface area contributed by atoms with Crippen molar-refractivity contribution in [3.63, 3.8) is 0 Å². The highest BCUT2D eigenvalue weighted by molar-refractivity contribution is 5.97. The zero-order valence-corrected chi connectivity index (χ0v) is 20.8. The van der Waals surface area contributed by atoms with Crippen LogP contribution in [0, 0.1) is 11.6 Å². The van der Waals surface area contributed by atoms with E-state index in [1.54, 1.807) is 42.9 Å². The quantitative estimate of drug-likeness (QED) is 0.263. The number of fused-ring (bicyclic) bond motifs is 2. The minimum atomic E-state index is -0.377. The van der Waals surface area contributed by atoms with Gasteiger partial charge >= 0.3 is 0 Å². The maximum atomic E-state index is 14.9. The van der Waals surface area contributed by atoms with Crippen molar-refractivity contribution in [1.82, 2.24) is 35.0 Å². The SMILES string of the molecule is CN(C)CCNc1cc(F)cc(-c2nccc3[nH]c(-c4n[nH]c5cc(F)c(-c6cccnc6)cc45)nc23)c1. The van der Waals surface area contributed by atoms with Crippen molar-refractivity contribution < 1.29 is 8.78 Å². The number of benzene rings is 2. The second-order valence-electron chi connectivity index (χ2n) is 9.29. The maximum Gasteiger partial charge on any atom is 0.159 e. The number of imidazole rings is 1. The Morgan fingerprint density at radius 2 is 1.84 bits per heavy atom. The van der Waals surface area contributed by atoms with Crippen LogP contribution >= 0.6 is 0 Å². The molecule has 0 bridgehead atoms. The third-order valence-corrected chi connectivity index (χ3v) is 6.31. The van der Waals surface area contributed by atoms with Gasteiger partial charge in [0, 0.05) is 65.5 Å². The molecule has 10 heteroatoms. The van der Waals surface area contributed by atoms with Crippen molar-refractivity contribution in [2.75, 3.05) is 32.5 Å². The molecule has 0 atom stereocenters. The highest BCUT2D eigenvalue weighted by Crippen LogP contribution is 2.34. The van der Waals surface area contributed by atoms with E-state index in [9.17, 15) is 8.78 Å². The van der Waals surface area contributed by atoms with Crippen molar-refractivity contribution >= 4 is 27.6 Å². The lowest BCUT2D eigenvalue weighted by molar-refractivity contribution is 0.425. The van der Waals surface area contributed by atoms with E-state index in [4.69, 9.17) is 4.98 Å². The molecule has 0 fully saturated rings. The van der Waals surface area contributed by atoms with Crippen LogP contribution in [0.1, 0.15) is 0 Å². The molecule has 0 unspecified atom stereocenters. The third-order valence-electron chi connectivity index (χ3n) is 6.31. The molecule has 0 aliphatic rings. The van der Waals surface area contributed by atoms with E-state index in [2.05, 4.69) is 30.5 Å². The molecule has 6 aromatic rings. The van der Waals surface area contributed by atoms with Gasteiger partial charge in [-0.05, 0) is 50.5 Å². The zero-order chi connectivity index (χ0) is 26.2. The van der Waals surface area contributed by atoms with Gasteiger partial charge in [-0.1, -0.05) is 6.07 Å². The number of hydrogen-bond acceptors (Lipinski definition) is 6. The van der Waals surface area contributed by atoms with Gasteiger partial charge in [0.05, 0.1) is 16.7 Å². The first-order valence-corrected chi connectivity index (χ1v) is 12.1. The first-order chi connectivity index (χ1) is 18.5. The number of hydrogen-bond donors (Lipinski definition) is 3. The van der Waals surface area contributed by atoms with Crippen LogP contribution in [0.4, 0.5) is 14.5 Å². The van der Waals surface area contributed by atoms with Crippen molar-refractivity contribution in [2.45, 2.75) is 0 Å². The van der Waals surface area contributed by atoms with E-state index in [0.29, 0.717) is 62.6 Å². The molecule has 8 nitrogen and oxygen atoms in total. The predicted octanol–water partition coefficient (Wildman–Crippen LogP) is 5.48. The average molecular weight is 511 g/mol. The molecule has 4 heterocycles. The molecule has 2 aromatic carbocycles. The summed E-state index contributed by atoms with van der Waals surface area (Å²) in [5.74, 6) is -0.254. The molecule has 0 aliphatic carbocycles. The van der Waals surface area contributed by atoms with Crippen molar-refractivity contribution in [3.8, 4) is 33.9 Å². The van der Waals surface area contributed by atoms with E-state index in [1.807, 2.05) is 25.1 Å². The van der Waals surface area contributed by atoms with Crippen molar-refractivity contribution in [1.29, 1.82) is 0 Å². The molecular formula is C28H24F2N8. The summed E-state index contributed by atoms with van der Waals surface area (Å²) in [5.41, 5.74) is 5.29. The zero-order valence-electron chi connectivity index (χ0n) is 20.8.